The standard InChI is InChI=1S/C16H21N3O/c1-12-5-7-13(8-6-12)11-17-14-10-16(20)19-9-3-2-4-15(19)18-14/h2-4,9-10,12-13,17H,5-8,11H2,1H3. The molecular formula is C16H21N3O. The van der Waals surface area contributed by atoms with Gasteiger partial charge in [0.25, 0.3) is 5.56 Å². The lowest BCUT2D eigenvalue weighted by atomic mass is 9.83. The summed E-state index contributed by atoms with van der Waals surface area (Å²) >= 11 is 0. The summed E-state index contributed by atoms with van der Waals surface area (Å²) in [4.78, 5) is 16.5. The molecule has 1 saturated carbocycles. The molecule has 4 heteroatoms. The summed E-state index contributed by atoms with van der Waals surface area (Å²) in [6.45, 7) is 3.25. The number of fused-ring (bicyclic) bond motifs is 1. The molecule has 0 bridgehead atoms. The number of anilines is 1. The predicted octanol–water partition coefficient (Wildman–Crippen LogP) is 2.93. The van der Waals surface area contributed by atoms with Gasteiger partial charge in [-0.3, -0.25) is 9.20 Å². The highest BCUT2D eigenvalue weighted by atomic mass is 16.1. The van der Waals surface area contributed by atoms with Crippen molar-refractivity contribution in [3.63, 3.8) is 0 Å². The van der Waals surface area contributed by atoms with Gasteiger partial charge < -0.3 is 5.32 Å². The molecule has 2 aromatic rings. The van der Waals surface area contributed by atoms with Gasteiger partial charge in [0, 0.05) is 18.8 Å². The maximum atomic E-state index is 12.0. The van der Waals surface area contributed by atoms with Gasteiger partial charge in [0.1, 0.15) is 11.5 Å². The third-order valence-corrected chi connectivity index (χ3v) is 4.28. The largest absolute Gasteiger partial charge is 0.370 e. The number of rotatable bonds is 3. The van der Waals surface area contributed by atoms with Crippen molar-refractivity contribution in [2.75, 3.05) is 11.9 Å². The number of aromatic nitrogens is 2. The molecular weight excluding hydrogens is 250 g/mol. The molecule has 3 rings (SSSR count). The van der Waals surface area contributed by atoms with Crippen LogP contribution in [0.25, 0.3) is 5.65 Å². The minimum absolute atomic E-state index is 0.0321. The van der Waals surface area contributed by atoms with Crippen molar-refractivity contribution < 1.29 is 0 Å². The van der Waals surface area contributed by atoms with Crippen molar-refractivity contribution in [1.82, 2.24) is 9.38 Å². The molecule has 106 valence electrons. The van der Waals surface area contributed by atoms with Gasteiger partial charge in [-0.25, -0.2) is 4.98 Å². The lowest BCUT2D eigenvalue weighted by molar-refractivity contribution is 0.300. The molecule has 4 nitrogen and oxygen atoms in total. The Balaban J connectivity index is 1.70. The van der Waals surface area contributed by atoms with Gasteiger partial charge in [0.05, 0.1) is 0 Å². The van der Waals surface area contributed by atoms with Gasteiger partial charge in [0.15, 0.2) is 0 Å². The smallest absolute Gasteiger partial charge is 0.259 e. The van der Waals surface area contributed by atoms with E-state index in [1.54, 1.807) is 16.7 Å². The Morgan fingerprint density at radius 2 is 2.10 bits per heavy atom. The van der Waals surface area contributed by atoms with Crippen molar-refractivity contribution in [2.45, 2.75) is 32.6 Å². The molecule has 20 heavy (non-hydrogen) atoms. The molecule has 1 fully saturated rings. The number of hydrogen-bond acceptors (Lipinski definition) is 3. The van der Waals surface area contributed by atoms with E-state index in [9.17, 15) is 4.79 Å². The van der Waals surface area contributed by atoms with Crippen molar-refractivity contribution in [3.05, 3.63) is 40.8 Å². The molecule has 0 saturated heterocycles. The third-order valence-electron chi connectivity index (χ3n) is 4.28. The molecule has 0 aliphatic heterocycles. The zero-order chi connectivity index (χ0) is 13.9. The second kappa shape index (κ2) is 5.65. The summed E-state index contributed by atoms with van der Waals surface area (Å²) in [6, 6.07) is 7.17. The molecule has 1 aliphatic rings. The number of hydrogen-bond donors (Lipinski definition) is 1. The first kappa shape index (κ1) is 13.2. The quantitative estimate of drug-likeness (QED) is 0.933. The van der Waals surface area contributed by atoms with Crippen LogP contribution in [0, 0.1) is 11.8 Å². The van der Waals surface area contributed by atoms with E-state index in [0.29, 0.717) is 17.4 Å². The van der Waals surface area contributed by atoms with Crippen molar-refractivity contribution in [2.24, 2.45) is 11.8 Å². The maximum absolute atomic E-state index is 12.0. The van der Waals surface area contributed by atoms with Crippen LogP contribution in [0.3, 0.4) is 0 Å². The van der Waals surface area contributed by atoms with Crippen LogP contribution in [-0.4, -0.2) is 15.9 Å². The Hall–Kier alpha value is -1.84. The van der Waals surface area contributed by atoms with Gasteiger partial charge in [-0.1, -0.05) is 25.8 Å². The van der Waals surface area contributed by atoms with E-state index >= 15 is 0 Å². The van der Waals surface area contributed by atoms with Crippen molar-refractivity contribution in [3.8, 4) is 0 Å². The normalized spacial score (nSPS) is 22.9. The zero-order valence-electron chi connectivity index (χ0n) is 11.9. The summed E-state index contributed by atoms with van der Waals surface area (Å²) < 4.78 is 1.56. The summed E-state index contributed by atoms with van der Waals surface area (Å²) in [5, 5.41) is 3.34. The number of nitrogens with one attached hydrogen (secondary N) is 1. The highest BCUT2D eigenvalue weighted by Crippen LogP contribution is 2.28. The highest BCUT2D eigenvalue weighted by Gasteiger charge is 2.18. The fraction of sp³-hybridized carbons (Fsp3) is 0.500. The SMILES string of the molecule is CC1CCC(CNc2cc(=O)n3ccccc3n2)CC1. The minimum Gasteiger partial charge on any atom is -0.370 e. The Labute approximate surface area is 118 Å². The van der Waals surface area contributed by atoms with Crippen LogP contribution >= 0.6 is 0 Å². The van der Waals surface area contributed by atoms with E-state index in [1.165, 1.54) is 25.7 Å². The molecule has 0 radical (unpaired) electrons. The van der Waals surface area contributed by atoms with E-state index in [1.807, 2.05) is 18.2 Å². The van der Waals surface area contributed by atoms with Gasteiger partial charge in [-0.2, -0.15) is 0 Å². The minimum atomic E-state index is -0.0321. The lowest BCUT2D eigenvalue weighted by Gasteiger charge is -2.26. The summed E-state index contributed by atoms with van der Waals surface area (Å²) in [7, 11) is 0. The molecule has 0 atom stereocenters. The van der Waals surface area contributed by atoms with Crippen LogP contribution in [0.5, 0.6) is 0 Å². The first-order valence-corrected chi connectivity index (χ1v) is 7.44. The lowest BCUT2D eigenvalue weighted by Crippen LogP contribution is -2.22. The van der Waals surface area contributed by atoms with E-state index in [0.717, 1.165) is 12.5 Å². The fourth-order valence-corrected chi connectivity index (χ4v) is 2.93. The Kier molecular flexibility index (Phi) is 3.72. The monoisotopic (exact) mass is 271 g/mol. The Bertz CT molecular complexity index is 641. The summed E-state index contributed by atoms with van der Waals surface area (Å²) in [5.41, 5.74) is 0.662. The molecule has 0 spiro atoms. The van der Waals surface area contributed by atoms with Crippen LogP contribution < -0.4 is 10.9 Å². The average Bonchev–Trinajstić information content (AvgIpc) is 2.47. The van der Waals surface area contributed by atoms with Crippen LogP contribution in [0.15, 0.2) is 35.3 Å². The fourth-order valence-electron chi connectivity index (χ4n) is 2.93. The molecule has 0 amide bonds. The van der Waals surface area contributed by atoms with Crippen LogP contribution in [0.1, 0.15) is 32.6 Å². The summed E-state index contributed by atoms with van der Waals surface area (Å²) in [6.07, 6.45) is 6.94. The van der Waals surface area contributed by atoms with E-state index in [2.05, 4.69) is 17.2 Å². The second-order valence-corrected chi connectivity index (χ2v) is 5.92. The maximum Gasteiger partial charge on any atom is 0.259 e. The molecule has 1 aliphatic carbocycles. The van der Waals surface area contributed by atoms with Gasteiger partial charge in [-0.05, 0) is 36.8 Å². The molecule has 2 aromatic heterocycles. The number of nitrogens with zero attached hydrogens (tertiary/aromatic N) is 2. The van der Waals surface area contributed by atoms with Gasteiger partial charge in [0.2, 0.25) is 0 Å². The topological polar surface area (TPSA) is 46.4 Å². The van der Waals surface area contributed by atoms with Crippen molar-refractivity contribution >= 4 is 11.5 Å². The van der Waals surface area contributed by atoms with E-state index in [-0.39, 0.29) is 5.56 Å². The van der Waals surface area contributed by atoms with Crippen LogP contribution in [-0.2, 0) is 0 Å². The predicted molar refractivity (Wildman–Crippen MR) is 81.1 cm³/mol. The first-order valence-electron chi connectivity index (χ1n) is 7.44. The van der Waals surface area contributed by atoms with E-state index < -0.39 is 0 Å². The highest BCUT2D eigenvalue weighted by molar-refractivity contribution is 5.46. The van der Waals surface area contributed by atoms with Crippen molar-refractivity contribution in [1.29, 1.82) is 0 Å². The third kappa shape index (κ3) is 2.84. The van der Waals surface area contributed by atoms with Gasteiger partial charge >= 0.3 is 0 Å². The van der Waals surface area contributed by atoms with Crippen LogP contribution in [0.2, 0.25) is 0 Å². The summed E-state index contributed by atoms with van der Waals surface area (Å²) in [5.74, 6) is 2.27. The zero-order valence-corrected chi connectivity index (χ0v) is 11.9. The second-order valence-electron chi connectivity index (χ2n) is 5.92. The Morgan fingerprint density at radius 3 is 2.90 bits per heavy atom. The van der Waals surface area contributed by atoms with E-state index in [4.69, 9.17) is 0 Å². The molecule has 0 unspecified atom stereocenters. The average molecular weight is 271 g/mol. The van der Waals surface area contributed by atoms with Gasteiger partial charge in [-0.15, -0.1) is 0 Å². The Morgan fingerprint density at radius 1 is 1.30 bits per heavy atom. The van der Waals surface area contributed by atoms with Crippen LogP contribution in [0.4, 0.5) is 5.82 Å². The molecule has 2 heterocycles. The number of pyridine rings is 1. The first-order chi connectivity index (χ1) is 9.72. The molecule has 0 aromatic carbocycles. The molecule has 1 N–H and O–H groups in total.